The van der Waals surface area contributed by atoms with Gasteiger partial charge in [-0.3, -0.25) is 0 Å². The summed E-state index contributed by atoms with van der Waals surface area (Å²) in [6, 6.07) is 34.8. The van der Waals surface area contributed by atoms with Crippen LogP contribution in [0.15, 0.2) is 97.1 Å². The van der Waals surface area contributed by atoms with Crippen LogP contribution in [-0.2, 0) is 0 Å². The van der Waals surface area contributed by atoms with Crippen molar-refractivity contribution in [2.75, 3.05) is 46.9 Å². The van der Waals surface area contributed by atoms with E-state index in [0.717, 1.165) is 0 Å². The topological polar surface area (TPSA) is 13.0 Å². The largest absolute Gasteiger partial charge is 1.00 e. The number of hydrogen-bond donors (Lipinski definition) is 0. The number of nitrogens with zero attached hydrogens (tertiary/aromatic N) is 4. The van der Waals surface area contributed by atoms with Crippen LogP contribution in [-0.4, -0.2) is 28.2 Å². The molecule has 0 aliphatic carbocycles. The molecule has 0 spiro atoms. The molecular weight excluding hydrogens is 1360 g/mol. The summed E-state index contributed by atoms with van der Waals surface area (Å²) in [5, 5.41) is 0. The third-order valence-electron chi connectivity index (χ3n) is 7.47. The van der Waals surface area contributed by atoms with Gasteiger partial charge in [-0.2, -0.15) is 18.7 Å². The van der Waals surface area contributed by atoms with Crippen LogP contribution in [0.1, 0.15) is 22.3 Å². The average molecular weight is 1400 g/mol. The molecule has 12 heteroatoms. The summed E-state index contributed by atoms with van der Waals surface area (Å²) < 4.78 is 10.1. The van der Waals surface area contributed by atoms with E-state index in [1.165, 1.54) is 45.0 Å². The van der Waals surface area contributed by atoms with E-state index in [0.29, 0.717) is 0 Å². The normalized spacial score (nSPS) is 9.86. The Morgan fingerprint density at radius 2 is 0.523 bits per heavy atom. The Morgan fingerprint density at radius 1 is 0.364 bits per heavy atom. The fraction of sp³-hybridized carbons (Fsp3) is 0.250. The zero-order valence-corrected chi connectivity index (χ0v) is 42.1. The molecule has 0 N–H and O–H groups in total. The fourth-order valence-corrected chi connectivity index (χ4v) is 9.96. The van der Waals surface area contributed by atoms with Crippen molar-refractivity contribution >= 4 is 142 Å². The Labute approximate surface area is 354 Å². The highest BCUT2D eigenvalue weighted by molar-refractivity contribution is 15.0. The Bertz CT molecular complexity index is 1180. The van der Waals surface area contributed by atoms with Crippen LogP contribution in [0.25, 0.3) is 0 Å². The molecule has 4 aromatic carbocycles. The molecule has 0 amide bonds. The van der Waals surface area contributed by atoms with Gasteiger partial charge in [0.1, 0.15) is 0 Å². The molecular formula is C32H40I7N4P. The van der Waals surface area contributed by atoms with E-state index < -0.39 is 7.87 Å². The van der Waals surface area contributed by atoms with Crippen molar-refractivity contribution in [1.82, 2.24) is 0 Å². The van der Waals surface area contributed by atoms with Gasteiger partial charge in [0, 0.05) is 140 Å². The van der Waals surface area contributed by atoms with Crippen molar-refractivity contribution in [3.8, 4) is 0 Å². The van der Waals surface area contributed by atoms with Crippen LogP contribution >= 0.6 is 120 Å². The van der Waals surface area contributed by atoms with Gasteiger partial charge in [0.2, 0.25) is 0 Å². The molecule has 44 heavy (non-hydrogen) atoms. The maximum atomic E-state index is 2.52. The molecule has 4 aromatic rings. The summed E-state index contributed by atoms with van der Waals surface area (Å²) in [5.74, 6) is 0. The SMILES string of the molecule is Cc1ccccc1N(C)[P+](N(C)c1ccccc1C)(N(C)c1ccccc1C)N(C)c1ccccc1C.II.II.II.[I-]. The monoisotopic (exact) mass is 1400 g/mol. The van der Waals surface area contributed by atoms with Crippen LogP contribution in [0, 0.1) is 27.7 Å². The number of anilines is 4. The number of aryl methyl sites for hydroxylation is 4. The number of para-hydroxylation sites is 4. The van der Waals surface area contributed by atoms with Gasteiger partial charge in [-0.25, -0.2) is 0 Å². The minimum atomic E-state index is -2.52. The van der Waals surface area contributed by atoms with Crippen LogP contribution < -0.4 is 42.7 Å². The van der Waals surface area contributed by atoms with Crippen LogP contribution in [0.3, 0.4) is 0 Å². The smallest absolute Gasteiger partial charge is 0.404 e. The molecule has 0 aromatic heterocycles. The van der Waals surface area contributed by atoms with Gasteiger partial charge < -0.3 is 24.0 Å². The lowest BCUT2D eigenvalue weighted by molar-refractivity contribution is -0.00000806. The lowest BCUT2D eigenvalue weighted by Gasteiger charge is -2.50. The first-order valence-corrected chi connectivity index (χ1v) is 33.7. The number of halogens is 7. The van der Waals surface area contributed by atoms with Crippen LogP contribution in [0.4, 0.5) is 22.7 Å². The second kappa shape index (κ2) is 23.9. The molecule has 4 rings (SSSR count). The highest BCUT2D eigenvalue weighted by Gasteiger charge is 2.59. The minimum Gasteiger partial charge on any atom is -1.00 e. The molecule has 0 atom stereocenters. The maximum absolute atomic E-state index is 2.52. The van der Waals surface area contributed by atoms with Crippen LogP contribution in [0.2, 0.25) is 0 Å². The van der Waals surface area contributed by atoms with Crippen molar-refractivity contribution in [3.05, 3.63) is 119 Å². The number of benzene rings is 4. The van der Waals surface area contributed by atoms with E-state index in [4.69, 9.17) is 0 Å². The number of hydrogen-bond acceptors (Lipinski definition) is 4. The minimum absolute atomic E-state index is 0. The van der Waals surface area contributed by atoms with E-state index >= 15 is 0 Å². The third kappa shape index (κ3) is 10.8. The van der Waals surface area contributed by atoms with E-state index in [1.54, 1.807) is 0 Å². The maximum Gasteiger partial charge on any atom is 0.404 e. The highest BCUT2D eigenvalue weighted by Crippen LogP contribution is 2.72. The lowest BCUT2D eigenvalue weighted by Crippen LogP contribution is -3.00. The van der Waals surface area contributed by atoms with Gasteiger partial charge in [-0.1, -0.05) is 72.8 Å². The fourth-order valence-electron chi connectivity index (χ4n) is 5.49. The summed E-state index contributed by atoms with van der Waals surface area (Å²) >= 11 is 12.7. The molecule has 4 nitrogen and oxygen atoms in total. The molecule has 0 radical (unpaired) electrons. The standard InChI is InChI=1S/C32H40N4P.3I2.HI/c1-25-17-9-13-21-29(25)33(5)37(34(6)30-22-14-10-18-26(30)2,35(7)31-23-15-11-19-27(31)3)36(8)32-24-16-12-20-28(32)4;3*1-2;/h9-24H,1-8H3;;;;1H/q+1;;;;/p-1. The second-order valence-electron chi connectivity index (χ2n) is 9.78. The van der Waals surface area contributed by atoms with Crippen molar-refractivity contribution < 1.29 is 24.0 Å². The molecule has 0 aliphatic heterocycles. The Morgan fingerprint density at radius 3 is 0.682 bits per heavy atom. The van der Waals surface area contributed by atoms with Gasteiger partial charge in [0.15, 0.2) is 0 Å². The molecule has 0 saturated heterocycles. The van der Waals surface area contributed by atoms with Gasteiger partial charge in [-0.15, -0.1) is 0 Å². The predicted octanol–water partition coefficient (Wildman–Crippen LogP) is 10.8. The second-order valence-corrected chi connectivity index (χ2v) is 13.3. The first-order valence-electron chi connectivity index (χ1n) is 13.2. The Balaban J connectivity index is 0.00000249. The first-order chi connectivity index (χ1) is 20.7. The average Bonchev–Trinajstić information content (AvgIpc) is 3.05. The third-order valence-corrected chi connectivity index (χ3v) is 11.5. The molecule has 0 bridgehead atoms. The highest BCUT2D eigenvalue weighted by atomic mass is 128. The number of rotatable bonds is 8. The molecule has 0 heterocycles. The predicted molar refractivity (Wildman–Crippen MR) is 249 cm³/mol. The zero-order chi connectivity index (χ0) is 32.7. The Kier molecular flexibility index (Phi) is 24.8. The summed E-state index contributed by atoms with van der Waals surface area (Å²) in [5.41, 5.74) is 9.89. The molecule has 0 aliphatic rings. The van der Waals surface area contributed by atoms with E-state index in [9.17, 15) is 0 Å². The van der Waals surface area contributed by atoms with Crippen molar-refractivity contribution in [2.24, 2.45) is 0 Å². The lowest BCUT2D eigenvalue weighted by atomic mass is 10.2. The molecule has 0 fully saturated rings. The van der Waals surface area contributed by atoms with Gasteiger partial charge in [0.25, 0.3) is 0 Å². The van der Waals surface area contributed by atoms with Gasteiger partial charge in [-0.05, 0) is 74.2 Å². The van der Waals surface area contributed by atoms with Crippen molar-refractivity contribution in [2.45, 2.75) is 27.7 Å². The Hall–Kier alpha value is 1.62. The van der Waals surface area contributed by atoms with E-state index in [1.807, 2.05) is 0 Å². The molecule has 0 unspecified atom stereocenters. The van der Waals surface area contributed by atoms with E-state index in [-0.39, 0.29) is 24.0 Å². The summed E-state index contributed by atoms with van der Waals surface area (Å²) in [6.07, 6.45) is 0. The summed E-state index contributed by atoms with van der Waals surface area (Å²) in [6.45, 7) is 8.82. The summed E-state index contributed by atoms with van der Waals surface area (Å²) in [7, 11) is 6.51. The summed E-state index contributed by atoms with van der Waals surface area (Å²) in [4.78, 5) is 0. The van der Waals surface area contributed by atoms with E-state index in [2.05, 4.69) is 283 Å². The van der Waals surface area contributed by atoms with Gasteiger partial charge in [0.05, 0.1) is 22.7 Å². The molecule has 0 saturated carbocycles. The van der Waals surface area contributed by atoms with Gasteiger partial charge >= 0.3 is 7.87 Å². The quantitative estimate of drug-likeness (QED) is 0.129. The van der Waals surface area contributed by atoms with Crippen molar-refractivity contribution in [1.29, 1.82) is 0 Å². The van der Waals surface area contributed by atoms with Crippen LogP contribution in [0.5, 0.6) is 0 Å². The molecule has 242 valence electrons. The first kappa shape index (κ1) is 45.6. The zero-order valence-electron chi connectivity index (χ0n) is 26.1. The van der Waals surface area contributed by atoms with Crippen molar-refractivity contribution in [3.63, 3.8) is 0 Å².